The molecule has 0 fully saturated rings. The predicted octanol–water partition coefficient (Wildman–Crippen LogP) is 0.808. The highest BCUT2D eigenvalue weighted by atomic mass is 16.6. The van der Waals surface area contributed by atoms with Crippen molar-refractivity contribution in [2.75, 3.05) is 13.2 Å². The molecule has 0 aliphatic heterocycles. The second-order valence-electron chi connectivity index (χ2n) is 3.54. The van der Waals surface area contributed by atoms with Crippen LogP contribution in [0.2, 0.25) is 0 Å². The number of hydrogen-bond donors (Lipinski definition) is 2. The van der Waals surface area contributed by atoms with Crippen LogP contribution in [0.3, 0.4) is 0 Å². The van der Waals surface area contributed by atoms with Crippen LogP contribution in [0.15, 0.2) is 18.2 Å². The Morgan fingerprint density at radius 1 is 1.47 bits per heavy atom. The van der Waals surface area contributed by atoms with Crippen LogP contribution < -0.4 is 10.1 Å². The minimum absolute atomic E-state index is 0.0149. The Hall–Kier alpha value is -2.64. The maximum absolute atomic E-state index is 11.0. The van der Waals surface area contributed by atoms with E-state index in [2.05, 4.69) is 5.32 Å². The number of carboxylic acids is 1. The Morgan fingerprint density at radius 3 is 2.68 bits per heavy atom. The van der Waals surface area contributed by atoms with E-state index in [0.29, 0.717) is 0 Å². The lowest BCUT2D eigenvalue weighted by atomic mass is 10.1. The number of hydrogen-bond acceptors (Lipinski definition) is 5. The minimum atomic E-state index is -1.44. The lowest BCUT2D eigenvalue weighted by molar-refractivity contribution is -0.385. The van der Waals surface area contributed by atoms with Crippen molar-refractivity contribution < 1.29 is 24.4 Å². The number of ether oxygens (including phenoxy) is 1. The summed E-state index contributed by atoms with van der Waals surface area (Å²) in [5.41, 5.74) is -1.04. The van der Waals surface area contributed by atoms with Crippen LogP contribution in [0.25, 0.3) is 0 Å². The Kier molecular flexibility index (Phi) is 4.81. The summed E-state index contributed by atoms with van der Waals surface area (Å²) in [4.78, 5) is 31.6. The monoisotopic (exact) mass is 268 g/mol. The van der Waals surface area contributed by atoms with Gasteiger partial charge in [-0.05, 0) is 6.07 Å². The van der Waals surface area contributed by atoms with E-state index >= 15 is 0 Å². The molecule has 0 aromatic heterocycles. The number of nitro benzene ring substituents is 1. The van der Waals surface area contributed by atoms with Gasteiger partial charge in [-0.3, -0.25) is 14.9 Å². The molecular formula is C11H12N2O6. The zero-order valence-corrected chi connectivity index (χ0v) is 10.1. The van der Waals surface area contributed by atoms with Crippen molar-refractivity contribution in [3.8, 4) is 5.75 Å². The first-order valence-electron chi connectivity index (χ1n) is 5.31. The molecule has 0 aliphatic carbocycles. The first-order valence-corrected chi connectivity index (χ1v) is 5.31. The molecule has 1 aromatic rings. The first kappa shape index (κ1) is 14.4. The fourth-order valence-corrected chi connectivity index (χ4v) is 1.39. The molecule has 8 nitrogen and oxygen atoms in total. The molecule has 0 saturated heterocycles. The summed E-state index contributed by atoms with van der Waals surface area (Å²) in [6, 6.07) is 3.74. The number of carbonyl (C=O) groups excluding carboxylic acids is 1. The third-order valence-electron chi connectivity index (χ3n) is 2.15. The molecule has 0 radical (unpaired) electrons. The van der Waals surface area contributed by atoms with E-state index in [1.807, 2.05) is 0 Å². The van der Waals surface area contributed by atoms with Gasteiger partial charge in [-0.1, -0.05) is 6.07 Å². The van der Waals surface area contributed by atoms with Gasteiger partial charge < -0.3 is 15.2 Å². The molecule has 102 valence electrons. The molecule has 0 unspecified atom stereocenters. The Morgan fingerprint density at radius 2 is 2.16 bits per heavy atom. The van der Waals surface area contributed by atoms with Crippen molar-refractivity contribution in [2.24, 2.45) is 0 Å². The molecule has 0 aliphatic rings. The van der Waals surface area contributed by atoms with Crippen molar-refractivity contribution in [1.29, 1.82) is 0 Å². The minimum Gasteiger partial charge on any atom is -0.491 e. The quantitative estimate of drug-likeness (QED) is 0.447. The number of carboxylic acid groups (broad SMARTS) is 1. The van der Waals surface area contributed by atoms with Gasteiger partial charge in [0.25, 0.3) is 5.69 Å². The second-order valence-corrected chi connectivity index (χ2v) is 3.54. The van der Waals surface area contributed by atoms with E-state index in [-0.39, 0.29) is 24.8 Å². The number of rotatable bonds is 6. The summed E-state index contributed by atoms with van der Waals surface area (Å²) in [5.74, 6) is -1.80. The fourth-order valence-electron chi connectivity index (χ4n) is 1.39. The van der Waals surface area contributed by atoms with E-state index < -0.39 is 22.1 Å². The molecule has 0 heterocycles. The van der Waals surface area contributed by atoms with Gasteiger partial charge in [0.2, 0.25) is 5.91 Å². The molecule has 0 saturated carbocycles. The van der Waals surface area contributed by atoms with Crippen molar-refractivity contribution in [2.45, 2.75) is 6.92 Å². The highest BCUT2D eigenvalue weighted by molar-refractivity contribution is 5.95. The summed E-state index contributed by atoms with van der Waals surface area (Å²) in [6.45, 7) is 1.52. The van der Waals surface area contributed by atoms with Crippen molar-refractivity contribution in [1.82, 2.24) is 5.32 Å². The third kappa shape index (κ3) is 3.95. The van der Waals surface area contributed by atoms with E-state index in [1.54, 1.807) is 0 Å². The summed E-state index contributed by atoms with van der Waals surface area (Å²) in [7, 11) is 0. The smallest absolute Gasteiger partial charge is 0.346 e. The Bertz CT molecular complexity index is 514. The summed E-state index contributed by atoms with van der Waals surface area (Å²) >= 11 is 0. The summed E-state index contributed by atoms with van der Waals surface area (Å²) < 4.78 is 5.14. The molecule has 0 atom stereocenters. The van der Waals surface area contributed by atoms with E-state index in [9.17, 15) is 19.7 Å². The number of nitrogens with zero attached hydrogens (tertiary/aromatic N) is 1. The van der Waals surface area contributed by atoms with Crippen LogP contribution in [0.5, 0.6) is 5.75 Å². The Labute approximate surface area is 108 Å². The number of nitro groups is 1. The molecule has 1 rings (SSSR count). The molecule has 8 heteroatoms. The van der Waals surface area contributed by atoms with Crippen LogP contribution in [-0.2, 0) is 4.79 Å². The van der Waals surface area contributed by atoms with Gasteiger partial charge in [0, 0.05) is 13.0 Å². The largest absolute Gasteiger partial charge is 0.491 e. The van der Waals surface area contributed by atoms with Crippen molar-refractivity contribution >= 4 is 17.6 Å². The van der Waals surface area contributed by atoms with Gasteiger partial charge in [-0.2, -0.15) is 0 Å². The molecule has 1 amide bonds. The first-order chi connectivity index (χ1) is 8.93. The molecule has 0 bridgehead atoms. The molecule has 1 aromatic carbocycles. The summed E-state index contributed by atoms with van der Waals surface area (Å²) in [5, 5.41) is 22.2. The standard InChI is InChI=1S/C11H12N2O6/c1-7(14)12-5-6-19-9-4-2-3-8(13(17)18)10(9)11(15)16/h2-4H,5-6H2,1H3,(H,12,14)(H,15,16). The highest BCUT2D eigenvalue weighted by Crippen LogP contribution is 2.28. The van der Waals surface area contributed by atoms with Gasteiger partial charge in [-0.15, -0.1) is 0 Å². The Balaban J connectivity index is 2.88. The molecule has 2 N–H and O–H groups in total. The number of benzene rings is 1. The second kappa shape index (κ2) is 6.34. The van der Waals surface area contributed by atoms with Gasteiger partial charge in [0.05, 0.1) is 11.5 Å². The van der Waals surface area contributed by atoms with Crippen LogP contribution in [0.4, 0.5) is 5.69 Å². The molecule has 19 heavy (non-hydrogen) atoms. The predicted molar refractivity (Wildman–Crippen MR) is 64.2 cm³/mol. The molecular weight excluding hydrogens is 256 g/mol. The molecule has 0 spiro atoms. The number of nitrogens with one attached hydrogen (secondary N) is 1. The number of amides is 1. The summed E-state index contributed by atoms with van der Waals surface area (Å²) in [6.07, 6.45) is 0. The van der Waals surface area contributed by atoms with Crippen molar-refractivity contribution in [3.63, 3.8) is 0 Å². The van der Waals surface area contributed by atoms with E-state index in [1.165, 1.54) is 19.1 Å². The van der Waals surface area contributed by atoms with Gasteiger partial charge in [0.1, 0.15) is 12.4 Å². The lowest BCUT2D eigenvalue weighted by Crippen LogP contribution is -2.25. The lowest BCUT2D eigenvalue weighted by Gasteiger charge is -2.09. The number of carbonyl (C=O) groups is 2. The zero-order valence-electron chi connectivity index (χ0n) is 10.1. The maximum Gasteiger partial charge on any atom is 0.346 e. The zero-order chi connectivity index (χ0) is 14.4. The van der Waals surface area contributed by atoms with Crippen LogP contribution >= 0.6 is 0 Å². The van der Waals surface area contributed by atoms with Gasteiger partial charge >= 0.3 is 5.97 Å². The van der Waals surface area contributed by atoms with Crippen LogP contribution in [0, 0.1) is 10.1 Å². The third-order valence-corrected chi connectivity index (χ3v) is 2.15. The van der Waals surface area contributed by atoms with Crippen molar-refractivity contribution in [3.05, 3.63) is 33.9 Å². The van der Waals surface area contributed by atoms with Gasteiger partial charge in [-0.25, -0.2) is 4.79 Å². The average molecular weight is 268 g/mol. The van der Waals surface area contributed by atoms with E-state index in [0.717, 1.165) is 6.07 Å². The maximum atomic E-state index is 11.0. The fraction of sp³-hybridized carbons (Fsp3) is 0.273. The van der Waals surface area contributed by atoms with Crippen LogP contribution in [-0.4, -0.2) is 35.1 Å². The van der Waals surface area contributed by atoms with Crippen LogP contribution in [0.1, 0.15) is 17.3 Å². The number of aromatic carboxylic acids is 1. The topological polar surface area (TPSA) is 119 Å². The average Bonchev–Trinajstić information content (AvgIpc) is 2.33. The normalized spacial score (nSPS) is 9.74. The van der Waals surface area contributed by atoms with E-state index in [4.69, 9.17) is 9.84 Å². The SMILES string of the molecule is CC(=O)NCCOc1cccc([N+](=O)[O-])c1C(=O)O. The van der Waals surface area contributed by atoms with Gasteiger partial charge in [0.15, 0.2) is 5.56 Å². The highest BCUT2D eigenvalue weighted by Gasteiger charge is 2.24.